The van der Waals surface area contributed by atoms with Gasteiger partial charge < -0.3 is 4.55 Å². The molecule has 92 valence electrons. The quantitative estimate of drug-likeness (QED) is 0.273. The Bertz CT molecular complexity index is 617. The van der Waals surface area contributed by atoms with Crippen LogP contribution in [0.5, 0.6) is 0 Å². The molecule has 0 saturated carbocycles. The average Bonchev–Trinajstić information content (AvgIpc) is 2.15. The van der Waals surface area contributed by atoms with E-state index in [1.54, 1.807) is 0 Å². The zero-order chi connectivity index (χ0) is 13.4. The Hall–Kier alpha value is -0.144. The molecule has 18 heavy (non-hydrogen) atoms. The van der Waals surface area contributed by atoms with Crippen molar-refractivity contribution in [2.45, 2.75) is 4.90 Å². The van der Waals surface area contributed by atoms with Gasteiger partial charge in [0.15, 0.2) is 0 Å². The van der Waals surface area contributed by atoms with E-state index >= 15 is 0 Å². The van der Waals surface area contributed by atoms with Crippen LogP contribution in [0.3, 0.4) is 0 Å². The number of nitro benzene ring substituents is 2. The second-order valence-electron chi connectivity index (χ2n) is 2.75. The molecule has 0 aliphatic carbocycles. The second-order valence-corrected chi connectivity index (χ2v) is 4.47. The number of hydrogen-bond donors (Lipinski definition) is 0. The van der Waals surface area contributed by atoms with Crippen molar-refractivity contribution in [3.8, 4) is 0 Å². The Morgan fingerprint density at radius 1 is 1.11 bits per heavy atom. The molecule has 1 aromatic carbocycles. The first-order valence-electron chi connectivity index (χ1n) is 3.73. The van der Waals surface area contributed by atoms with E-state index in [0.29, 0.717) is 12.1 Å². The summed E-state index contributed by atoms with van der Waals surface area (Å²) < 4.78 is 32.2. The predicted octanol–water partition coefficient (Wildman–Crippen LogP) is -1.94. The summed E-state index contributed by atoms with van der Waals surface area (Å²) in [5, 5.41) is 19.9. The minimum Gasteiger partial charge on any atom is -0.744 e. The molecule has 0 amide bonds. The predicted molar refractivity (Wildman–Crippen MR) is 52.7 cm³/mol. The summed E-state index contributed by atoms with van der Waals surface area (Å²) in [7, 11) is -5.14. The van der Waals surface area contributed by atoms with E-state index in [0.717, 1.165) is 0 Å². The van der Waals surface area contributed by atoms with Crippen LogP contribution in [0.15, 0.2) is 17.0 Å². The minimum absolute atomic E-state index is 0. The van der Waals surface area contributed by atoms with Gasteiger partial charge in [0.1, 0.15) is 15.1 Å². The van der Waals surface area contributed by atoms with Crippen molar-refractivity contribution in [2.24, 2.45) is 0 Å². The van der Waals surface area contributed by atoms with E-state index in [2.05, 4.69) is 0 Å². The zero-order valence-electron chi connectivity index (χ0n) is 8.69. The Morgan fingerprint density at radius 2 is 1.61 bits per heavy atom. The molecule has 0 aliphatic heterocycles. The van der Waals surface area contributed by atoms with Crippen molar-refractivity contribution in [1.29, 1.82) is 0 Å². The van der Waals surface area contributed by atoms with Gasteiger partial charge in [0.2, 0.25) is 0 Å². The molecule has 9 nitrogen and oxygen atoms in total. The maximum Gasteiger partial charge on any atom is 1.00 e. The Balaban J connectivity index is 0.00000289. The van der Waals surface area contributed by atoms with Gasteiger partial charge >= 0.3 is 51.4 Å². The number of nitrogens with zero attached hydrogens (tertiary/aromatic N) is 2. The third-order valence-corrected chi connectivity index (χ3v) is 3.05. The Morgan fingerprint density at radius 3 is 1.94 bits per heavy atom. The third kappa shape index (κ3) is 3.93. The van der Waals surface area contributed by atoms with Crippen molar-refractivity contribution >= 4 is 33.1 Å². The summed E-state index contributed by atoms with van der Waals surface area (Å²) in [6, 6.07) is 0.842. The number of benzene rings is 1. The molecule has 0 N–H and O–H groups in total. The first-order chi connectivity index (χ1) is 7.64. The van der Waals surface area contributed by atoms with E-state index in [1.165, 1.54) is 0 Å². The van der Waals surface area contributed by atoms with Crippen LogP contribution in [0.4, 0.5) is 11.4 Å². The molecular weight excluding hydrogens is 319 g/mol. The van der Waals surface area contributed by atoms with Crippen LogP contribution in [0.1, 0.15) is 0 Å². The first-order valence-corrected chi connectivity index (χ1v) is 5.51. The smallest absolute Gasteiger partial charge is 0.744 e. The van der Waals surface area contributed by atoms with Gasteiger partial charge in [-0.3, -0.25) is 20.2 Å². The maximum atomic E-state index is 10.7. The van der Waals surface area contributed by atoms with Crippen molar-refractivity contribution < 1.29 is 74.2 Å². The third-order valence-electron chi connectivity index (χ3n) is 1.68. The molecule has 0 heterocycles. The number of rotatable bonds is 3. The topological polar surface area (TPSA) is 143 Å². The molecule has 0 aromatic heterocycles. The van der Waals surface area contributed by atoms with Crippen molar-refractivity contribution in [2.75, 3.05) is 0 Å². The van der Waals surface area contributed by atoms with Gasteiger partial charge in [-0.2, -0.15) is 0 Å². The fourth-order valence-corrected chi connectivity index (χ4v) is 2.04. The largest absolute Gasteiger partial charge is 1.00 e. The number of non-ortho nitro benzene ring substituents is 1. The summed E-state index contributed by atoms with van der Waals surface area (Å²) in [6.45, 7) is 0. The monoisotopic (exact) mass is 320 g/mol. The fraction of sp³-hybridized carbons (Fsp3) is 0. The van der Waals surface area contributed by atoms with Gasteiger partial charge in [-0.25, -0.2) is 8.42 Å². The van der Waals surface area contributed by atoms with Crippen molar-refractivity contribution in [3.05, 3.63) is 37.4 Å². The van der Waals surface area contributed by atoms with Gasteiger partial charge in [0.05, 0.1) is 20.8 Å². The van der Waals surface area contributed by atoms with E-state index in [9.17, 15) is 33.2 Å². The van der Waals surface area contributed by atoms with Gasteiger partial charge in [-0.1, -0.05) is 11.6 Å². The maximum absolute atomic E-state index is 10.7. The molecule has 12 heteroatoms. The van der Waals surface area contributed by atoms with E-state index < -0.39 is 41.3 Å². The van der Waals surface area contributed by atoms with E-state index in [4.69, 9.17) is 11.6 Å². The van der Waals surface area contributed by atoms with Crippen molar-refractivity contribution in [1.82, 2.24) is 0 Å². The standard InChI is InChI=1S/C6H3ClN2O7S.K/c7-6-4(9(12)13)1-3(8(10)11)2-5(6)17(14,15)16;/h1-2H,(H,14,15,16);/q;+1/p-1. The second kappa shape index (κ2) is 6.34. The molecule has 0 spiro atoms. The number of nitro groups is 2. The van der Waals surface area contributed by atoms with Gasteiger partial charge in [0, 0.05) is 6.07 Å². The molecule has 1 rings (SSSR count). The normalized spacial score (nSPS) is 10.6. The average molecular weight is 321 g/mol. The van der Waals surface area contributed by atoms with Gasteiger partial charge in [0.25, 0.3) is 11.4 Å². The summed E-state index contributed by atoms with van der Waals surface area (Å²) in [6.07, 6.45) is 0. The fourth-order valence-electron chi connectivity index (χ4n) is 0.989. The Labute approximate surface area is 148 Å². The first kappa shape index (κ1) is 17.9. The SMILES string of the molecule is O=[N+]([O-])c1cc([N+](=O)[O-])c(Cl)c(S(=O)(=O)[O-])c1.[K+]. The molecular formula is C6H2ClKN2O7S. The van der Waals surface area contributed by atoms with Crippen LogP contribution in [0.2, 0.25) is 5.02 Å². The minimum atomic E-state index is -5.14. The van der Waals surface area contributed by atoms with E-state index in [1.807, 2.05) is 0 Å². The number of hydrogen-bond acceptors (Lipinski definition) is 7. The summed E-state index contributed by atoms with van der Waals surface area (Å²) in [4.78, 5) is 17.5. The molecule has 0 radical (unpaired) electrons. The van der Waals surface area contributed by atoms with Crippen LogP contribution in [0, 0.1) is 20.2 Å². The van der Waals surface area contributed by atoms with Gasteiger partial charge in [-0.05, 0) is 0 Å². The summed E-state index contributed by atoms with van der Waals surface area (Å²) in [5.41, 5.74) is -1.93. The van der Waals surface area contributed by atoms with Crippen LogP contribution < -0.4 is 51.4 Å². The molecule has 0 fully saturated rings. The van der Waals surface area contributed by atoms with Gasteiger partial charge in [-0.15, -0.1) is 0 Å². The Kier molecular flexibility index (Phi) is 6.29. The molecule has 0 atom stereocenters. The molecule has 0 unspecified atom stereocenters. The van der Waals surface area contributed by atoms with E-state index in [-0.39, 0.29) is 51.4 Å². The van der Waals surface area contributed by atoms with Crippen LogP contribution in [-0.2, 0) is 10.1 Å². The van der Waals surface area contributed by atoms with Crippen LogP contribution in [-0.4, -0.2) is 22.8 Å². The van der Waals surface area contributed by atoms with Crippen LogP contribution in [0.25, 0.3) is 0 Å². The van der Waals surface area contributed by atoms with Crippen molar-refractivity contribution in [3.63, 3.8) is 0 Å². The molecule has 0 bridgehead atoms. The zero-order valence-corrected chi connectivity index (χ0v) is 13.4. The molecule has 1 aromatic rings. The summed E-state index contributed by atoms with van der Waals surface area (Å²) >= 11 is 5.32. The molecule has 0 saturated heterocycles. The van der Waals surface area contributed by atoms with Crippen LogP contribution >= 0.6 is 11.6 Å². The number of halogens is 1. The summed E-state index contributed by atoms with van der Waals surface area (Å²) in [5.74, 6) is 0. The molecule has 0 aliphatic rings.